The summed E-state index contributed by atoms with van der Waals surface area (Å²) in [4.78, 5) is 11.7. The molecule has 0 aliphatic rings. The van der Waals surface area contributed by atoms with E-state index in [0.717, 1.165) is 19.3 Å². The summed E-state index contributed by atoms with van der Waals surface area (Å²) in [5, 5.41) is 0.930. The first kappa shape index (κ1) is 12.5. The minimum Gasteiger partial charge on any atom is -0.294 e. The molecule has 0 heterocycles. The minimum absolute atomic E-state index is 0.141. The fourth-order valence-electron chi connectivity index (χ4n) is 1.35. The van der Waals surface area contributed by atoms with Crippen LogP contribution in [0.5, 0.6) is 0 Å². The molecule has 0 saturated heterocycles. The molecule has 1 nitrogen and oxygen atoms in total. The van der Waals surface area contributed by atoms with Crippen LogP contribution in [0.25, 0.3) is 0 Å². The maximum atomic E-state index is 11.7. The van der Waals surface area contributed by atoms with Crippen LogP contribution in [-0.2, 0) is 0 Å². The Morgan fingerprint density at radius 1 is 1.20 bits per heavy atom. The fraction of sp³-hybridized carbons (Fsp3) is 0.417. The topological polar surface area (TPSA) is 17.1 Å². The monoisotopic (exact) mass is 244 g/mol. The SMILES string of the molecule is CCCCCC(=O)c1ccc(Cl)c(Cl)c1. The number of hydrogen-bond acceptors (Lipinski definition) is 1. The van der Waals surface area contributed by atoms with E-state index in [9.17, 15) is 4.79 Å². The normalized spacial score (nSPS) is 10.3. The zero-order valence-electron chi connectivity index (χ0n) is 8.72. The number of unbranched alkanes of at least 4 members (excludes halogenated alkanes) is 2. The third kappa shape index (κ3) is 3.84. The number of halogens is 2. The summed E-state index contributed by atoms with van der Waals surface area (Å²) in [6, 6.07) is 5.03. The van der Waals surface area contributed by atoms with Gasteiger partial charge in [-0.15, -0.1) is 0 Å². The number of benzene rings is 1. The fourth-order valence-corrected chi connectivity index (χ4v) is 1.65. The number of hydrogen-bond donors (Lipinski definition) is 0. The molecule has 0 aromatic heterocycles. The number of carbonyl (C=O) groups is 1. The van der Waals surface area contributed by atoms with Gasteiger partial charge >= 0.3 is 0 Å². The Labute approximate surface area is 100 Å². The standard InChI is InChI=1S/C12H14Cl2O/c1-2-3-4-5-12(15)9-6-7-10(13)11(14)8-9/h6-8H,2-5H2,1H3. The lowest BCUT2D eigenvalue weighted by atomic mass is 10.1. The van der Waals surface area contributed by atoms with Crippen molar-refractivity contribution in [1.82, 2.24) is 0 Å². The molecule has 15 heavy (non-hydrogen) atoms. The molecule has 0 radical (unpaired) electrons. The van der Waals surface area contributed by atoms with E-state index in [1.54, 1.807) is 18.2 Å². The lowest BCUT2D eigenvalue weighted by Gasteiger charge is -2.02. The van der Waals surface area contributed by atoms with Crippen molar-refractivity contribution in [2.75, 3.05) is 0 Å². The Morgan fingerprint density at radius 3 is 2.53 bits per heavy atom. The van der Waals surface area contributed by atoms with Crippen LogP contribution < -0.4 is 0 Å². The maximum Gasteiger partial charge on any atom is 0.162 e. The summed E-state index contributed by atoms with van der Waals surface area (Å²) >= 11 is 11.6. The highest BCUT2D eigenvalue weighted by Crippen LogP contribution is 2.23. The van der Waals surface area contributed by atoms with Gasteiger partial charge in [0.15, 0.2) is 5.78 Å². The van der Waals surface area contributed by atoms with E-state index >= 15 is 0 Å². The third-order valence-electron chi connectivity index (χ3n) is 2.25. The molecular weight excluding hydrogens is 231 g/mol. The number of Topliss-reactive ketones (excluding diaryl/α,β-unsaturated/α-hetero) is 1. The Bertz CT molecular complexity index is 347. The first-order chi connectivity index (χ1) is 7.15. The molecule has 0 spiro atoms. The van der Waals surface area contributed by atoms with Gasteiger partial charge in [0.1, 0.15) is 0 Å². The molecule has 1 aromatic rings. The third-order valence-corrected chi connectivity index (χ3v) is 2.99. The van der Waals surface area contributed by atoms with Crippen molar-refractivity contribution >= 4 is 29.0 Å². The summed E-state index contributed by atoms with van der Waals surface area (Å²) in [5.74, 6) is 0.141. The summed E-state index contributed by atoms with van der Waals surface area (Å²) in [7, 11) is 0. The largest absolute Gasteiger partial charge is 0.294 e. The second-order valence-corrected chi connectivity index (χ2v) is 4.32. The molecule has 0 saturated carbocycles. The lowest BCUT2D eigenvalue weighted by Crippen LogP contribution is -1.98. The number of rotatable bonds is 5. The van der Waals surface area contributed by atoms with E-state index in [2.05, 4.69) is 6.92 Å². The Hall–Kier alpha value is -0.530. The quantitative estimate of drug-likeness (QED) is 0.540. The molecule has 1 rings (SSSR count). The van der Waals surface area contributed by atoms with Crippen LogP contribution in [0.3, 0.4) is 0 Å². The van der Waals surface area contributed by atoms with Crippen molar-refractivity contribution in [2.45, 2.75) is 32.6 Å². The zero-order valence-corrected chi connectivity index (χ0v) is 10.2. The summed E-state index contributed by atoms with van der Waals surface area (Å²) in [6.45, 7) is 2.11. The molecule has 0 aliphatic heterocycles. The summed E-state index contributed by atoms with van der Waals surface area (Å²) in [5.41, 5.74) is 0.653. The van der Waals surface area contributed by atoms with Crippen LogP contribution in [0, 0.1) is 0 Å². The molecule has 0 amide bonds. The molecule has 0 atom stereocenters. The Kier molecular flexibility index (Phi) is 5.13. The van der Waals surface area contributed by atoms with Crippen molar-refractivity contribution < 1.29 is 4.79 Å². The van der Waals surface area contributed by atoms with E-state index in [4.69, 9.17) is 23.2 Å². The van der Waals surface area contributed by atoms with E-state index in [-0.39, 0.29) is 5.78 Å². The predicted octanol–water partition coefficient (Wildman–Crippen LogP) is 4.76. The molecule has 3 heteroatoms. The van der Waals surface area contributed by atoms with Gasteiger partial charge in [-0.05, 0) is 24.6 Å². The highest BCUT2D eigenvalue weighted by atomic mass is 35.5. The molecule has 0 unspecified atom stereocenters. The van der Waals surface area contributed by atoms with Gasteiger partial charge in [-0.1, -0.05) is 43.0 Å². The van der Waals surface area contributed by atoms with Crippen LogP contribution in [0.15, 0.2) is 18.2 Å². The van der Waals surface area contributed by atoms with Crippen LogP contribution in [0.2, 0.25) is 10.0 Å². The van der Waals surface area contributed by atoms with Crippen molar-refractivity contribution in [2.24, 2.45) is 0 Å². The van der Waals surface area contributed by atoms with Crippen LogP contribution >= 0.6 is 23.2 Å². The number of carbonyl (C=O) groups excluding carboxylic acids is 1. The summed E-state index contributed by atoms with van der Waals surface area (Å²) < 4.78 is 0. The second kappa shape index (κ2) is 6.14. The van der Waals surface area contributed by atoms with E-state index in [0.29, 0.717) is 22.0 Å². The highest BCUT2D eigenvalue weighted by Gasteiger charge is 2.07. The van der Waals surface area contributed by atoms with Crippen LogP contribution in [0.4, 0.5) is 0 Å². The van der Waals surface area contributed by atoms with Gasteiger partial charge in [0.2, 0.25) is 0 Å². The first-order valence-electron chi connectivity index (χ1n) is 5.13. The van der Waals surface area contributed by atoms with Crippen molar-refractivity contribution in [1.29, 1.82) is 0 Å². The molecule has 0 aliphatic carbocycles. The lowest BCUT2D eigenvalue weighted by molar-refractivity contribution is 0.0979. The van der Waals surface area contributed by atoms with Gasteiger partial charge < -0.3 is 0 Å². The van der Waals surface area contributed by atoms with E-state index in [1.165, 1.54) is 0 Å². The van der Waals surface area contributed by atoms with Gasteiger partial charge in [0.25, 0.3) is 0 Å². The van der Waals surface area contributed by atoms with E-state index in [1.807, 2.05) is 0 Å². The molecular formula is C12H14Cl2O. The zero-order chi connectivity index (χ0) is 11.3. The Morgan fingerprint density at radius 2 is 1.93 bits per heavy atom. The van der Waals surface area contributed by atoms with Crippen LogP contribution in [0.1, 0.15) is 43.0 Å². The molecule has 0 bridgehead atoms. The van der Waals surface area contributed by atoms with Gasteiger partial charge in [-0.2, -0.15) is 0 Å². The van der Waals surface area contributed by atoms with Crippen molar-refractivity contribution in [3.8, 4) is 0 Å². The molecule has 1 aromatic carbocycles. The second-order valence-electron chi connectivity index (χ2n) is 3.51. The number of ketones is 1. The highest BCUT2D eigenvalue weighted by molar-refractivity contribution is 6.42. The maximum absolute atomic E-state index is 11.7. The first-order valence-corrected chi connectivity index (χ1v) is 5.89. The van der Waals surface area contributed by atoms with Crippen molar-refractivity contribution in [3.05, 3.63) is 33.8 Å². The summed E-state index contributed by atoms with van der Waals surface area (Å²) in [6.07, 6.45) is 3.74. The minimum atomic E-state index is 0.141. The average molecular weight is 245 g/mol. The Balaban J connectivity index is 2.62. The average Bonchev–Trinajstić information content (AvgIpc) is 2.22. The van der Waals surface area contributed by atoms with Crippen molar-refractivity contribution in [3.63, 3.8) is 0 Å². The van der Waals surface area contributed by atoms with E-state index < -0.39 is 0 Å². The smallest absolute Gasteiger partial charge is 0.162 e. The van der Waals surface area contributed by atoms with Gasteiger partial charge in [-0.3, -0.25) is 4.79 Å². The predicted molar refractivity (Wildman–Crippen MR) is 64.9 cm³/mol. The molecule has 0 fully saturated rings. The molecule has 82 valence electrons. The van der Waals surface area contributed by atoms with Gasteiger partial charge in [-0.25, -0.2) is 0 Å². The molecule has 0 N–H and O–H groups in total. The van der Waals surface area contributed by atoms with Crippen LogP contribution in [-0.4, -0.2) is 5.78 Å². The van der Waals surface area contributed by atoms with Gasteiger partial charge in [0.05, 0.1) is 10.0 Å². The van der Waals surface area contributed by atoms with Gasteiger partial charge in [0, 0.05) is 12.0 Å².